The third-order valence-electron chi connectivity index (χ3n) is 7.50. The third-order valence-corrected chi connectivity index (χ3v) is 8.62. The van der Waals surface area contributed by atoms with Crippen LogP contribution in [0.15, 0.2) is 23.2 Å². The molecule has 1 amide bonds. The smallest absolute Gasteiger partial charge is 0.253 e. The van der Waals surface area contributed by atoms with Crippen LogP contribution in [0.5, 0.6) is 0 Å². The molecule has 1 spiro atoms. The maximum atomic E-state index is 13.0. The Morgan fingerprint density at radius 2 is 1.81 bits per heavy atom. The number of amidine groups is 1. The lowest BCUT2D eigenvalue weighted by atomic mass is 9.61. The van der Waals surface area contributed by atoms with Crippen LogP contribution in [0, 0.1) is 23.7 Å². The van der Waals surface area contributed by atoms with Crippen molar-refractivity contribution in [2.45, 2.75) is 78.7 Å². The molecule has 0 bridgehead atoms. The van der Waals surface area contributed by atoms with Gasteiger partial charge in [0.25, 0.3) is 5.91 Å². The maximum Gasteiger partial charge on any atom is 0.253 e. The van der Waals surface area contributed by atoms with Gasteiger partial charge in [0.15, 0.2) is 0 Å². The first-order valence-electron chi connectivity index (χ1n) is 12.1. The zero-order valence-corrected chi connectivity index (χ0v) is 21.3. The normalized spacial score (nSPS) is 25.0. The van der Waals surface area contributed by atoms with E-state index in [1.165, 1.54) is 17.5 Å². The molecule has 32 heavy (non-hydrogen) atoms. The minimum absolute atomic E-state index is 0.135. The number of aryl methyl sites for hydroxylation is 2. The number of amides is 1. The lowest BCUT2D eigenvalue weighted by molar-refractivity contribution is -0.124. The number of rotatable bonds is 5. The summed E-state index contributed by atoms with van der Waals surface area (Å²) in [5, 5.41) is 3.23. The van der Waals surface area contributed by atoms with E-state index in [0.717, 1.165) is 62.5 Å². The van der Waals surface area contributed by atoms with Gasteiger partial charge in [-0.05, 0) is 79.5 Å². The molecule has 3 aliphatic rings. The molecular formula is C26H40N4OS. The molecule has 1 saturated heterocycles. The number of nitrogens with one attached hydrogen (secondary N) is 1. The average Bonchev–Trinajstić information content (AvgIpc) is 2.99. The highest BCUT2D eigenvalue weighted by atomic mass is 32.2. The molecule has 1 aromatic carbocycles. The van der Waals surface area contributed by atoms with E-state index in [2.05, 4.69) is 50.3 Å². The van der Waals surface area contributed by atoms with Crippen molar-refractivity contribution in [3.8, 4) is 0 Å². The van der Waals surface area contributed by atoms with Crippen LogP contribution in [0.25, 0.3) is 0 Å². The lowest BCUT2D eigenvalue weighted by Gasteiger charge is -2.44. The van der Waals surface area contributed by atoms with Crippen LogP contribution in [-0.2, 0) is 11.2 Å². The number of hydrogen-bond acceptors (Lipinski definition) is 5. The van der Waals surface area contributed by atoms with Gasteiger partial charge in [-0.1, -0.05) is 45.7 Å². The molecule has 1 saturated carbocycles. The summed E-state index contributed by atoms with van der Waals surface area (Å²) < 4.78 is 2.42. The molecule has 2 aliphatic heterocycles. The second-order valence-electron chi connectivity index (χ2n) is 11.8. The first-order valence-corrected chi connectivity index (χ1v) is 13.1. The average molecular weight is 457 g/mol. The molecule has 5 nitrogen and oxygen atoms in total. The minimum Gasteiger partial charge on any atom is -0.399 e. The predicted molar refractivity (Wildman–Crippen MR) is 136 cm³/mol. The number of anilines is 1. The lowest BCUT2D eigenvalue weighted by Crippen LogP contribution is -2.48. The van der Waals surface area contributed by atoms with Crippen LogP contribution in [0.4, 0.5) is 5.69 Å². The van der Waals surface area contributed by atoms with Crippen LogP contribution >= 0.6 is 11.9 Å². The molecule has 0 radical (unpaired) electrons. The molecule has 176 valence electrons. The summed E-state index contributed by atoms with van der Waals surface area (Å²) in [6.45, 7) is 13.4. The fraction of sp³-hybridized carbons (Fsp3) is 0.692. The Bertz CT molecular complexity index is 883. The van der Waals surface area contributed by atoms with Gasteiger partial charge in [-0.3, -0.25) is 14.1 Å². The van der Waals surface area contributed by atoms with Crippen molar-refractivity contribution in [3.63, 3.8) is 0 Å². The number of nitrogens with zero attached hydrogens (tertiary/aromatic N) is 2. The summed E-state index contributed by atoms with van der Waals surface area (Å²) >= 11 is 1.90. The number of hydrogen-bond donors (Lipinski definition) is 2. The van der Waals surface area contributed by atoms with Crippen molar-refractivity contribution in [1.29, 1.82) is 0 Å². The Kier molecular flexibility index (Phi) is 6.40. The van der Waals surface area contributed by atoms with Gasteiger partial charge in [-0.2, -0.15) is 0 Å². The van der Waals surface area contributed by atoms with E-state index in [1.54, 1.807) is 0 Å². The van der Waals surface area contributed by atoms with Gasteiger partial charge in [0, 0.05) is 30.4 Å². The summed E-state index contributed by atoms with van der Waals surface area (Å²) in [6.07, 6.45) is 6.11. The standard InChI is InChI=1S/C26H40N4OS/c1-18-14-21(27)7-6-19(18)8-13-32-30-11-9-26(10-12-30)23(31)28-22(29-26)20-15-24(2,3)17-25(4,5)16-20/h6-7,14,20H,8-13,15-17,27H2,1-5H3,(H,28,29,31). The molecule has 6 heteroatoms. The van der Waals surface area contributed by atoms with Crippen LogP contribution in [0.2, 0.25) is 0 Å². The predicted octanol–water partition coefficient (Wildman–Crippen LogP) is 4.98. The number of benzene rings is 1. The minimum atomic E-state index is -0.536. The summed E-state index contributed by atoms with van der Waals surface area (Å²) in [4.78, 5) is 18.1. The van der Waals surface area contributed by atoms with Crippen LogP contribution in [0.1, 0.15) is 70.9 Å². The van der Waals surface area contributed by atoms with Gasteiger partial charge in [-0.15, -0.1) is 0 Å². The van der Waals surface area contributed by atoms with Crippen LogP contribution in [0.3, 0.4) is 0 Å². The van der Waals surface area contributed by atoms with E-state index in [4.69, 9.17) is 10.7 Å². The Labute approximate surface area is 198 Å². The SMILES string of the molecule is Cc1cc(N)ccc1CCSN1CCC2(CC1)N=C(C1CC(C)(C)CC(C)(C)C1)NC2=O. The van der Waals surface area contributed by atoms with Crippen molar-refractivity contribution >= 4 is 29.4 Å². The topological polar surface area (TPSA) is 70.7 Å². The molecule has 0 unspecified atom stereocenters. The van der Waals surface area contributed by atoms with Crippen molar-refractivity contribution in [3.05, 3.63) is 29.3 Å². The Balaban J connectivity index is 1.33. The van der Waals surface area contributed by atoms with E-state index in [1.807, 2.05) is 24.1 Å². The second-order valence-corrected chi connectivity index (χ2v) is 13.0. The van der Waals surface area contributed by atoms with Crippen LogP contribution in [-0.4, -0.2) is 40.4 Å². The fourth-order valence-electron chi connectivity index (χ4n) is 6.38. The molecule has 1 aliphatic carbocycles. The van der Waals surface area contributed by atoms with Gasteiger partial charge in [0.2, 0.25) is 0 Å². The molecular weight excluding hydrogens is 416 g/mol. The molecule has 4 rings (SSSR count). The largest absolute Gasteiger partial charge is 0.399 e. The van der Waals surface area contributed by atoms with E-state index in [9.17, 15) is 4.79 Å². The van der Waals surface area contributed by atoms with Gasteiger partial charge in [0.1, 0.15) is 11.4 Å². The summed E-state index contributed by atoms with van der Waals surface area (Å²) in [5.74, 6) is 2.52. The molecule has 0 atom stereocenters. The van der Waals surface area contributed by atoms with Crippen molar-refractivity contribution in [2.75, 3.05) is 24.6 Å². The highest BCUT2D eigenvalue weighted by Crippen LogP contribution is 2.49. The van der Waals surface area contributed by atoms with E-state index in [0.29, 0.717) is 5.92 Å². The molecule has 0 aromatic heterocycles. The summed E-state index contributed by atoms with van der Waals surface area (Å²) in [6, 6.07) is 6.18. The highest BCUT2D eigenvalue weighted by Gasteiger charge is 2.49. The van der Waals surface area contributed by atoms with Gasteiger partial charge in [-0.25, -0.2) is 0 Å². The second kappa shape index (κ2) is 8.68. The van der Waals surface area contributed by atoms with E-state index < -0.39 is 5.54 Å². The Morgan fingerprint density at radius 1 is 1.16 bits per heavy atom. The third kappa shape index (κ3) is 5.17. The summed E-state index contributed by atoms with van der Waals surface area (Å²) in [7, 11) is 0. The number of carbonyl (C=O) groups excluding carboxylic acids is 1. The number of nitrogens with two attached hydrogens (primary N) is 1. The molecule has 2 fully saturated rings. The quantitative estimate of drug-likeness (QED) is 0.484. The van der Waals surface area contributed by atoms with E-state index in [-0.39, 0.29) is 16.7 Å². The Hall–Kier alpha value is -1.53. The van der Waals surface area contributed by atoms with Gasteiger partial charge in [0.05, 0.1) is 0 Å². The van der Waals surface area contributed by atoms with Gasteiger partial charge < -0.3 is 11.1 Å². The first kappa shape index (κ1) is 23.6. The highest BCUT2D eigenvalue weighted by molar-refractivity contribution is 7.97. The summed E-state index contributed by atoms with van der Waals surface area (Å²) in [5.41, 5.74) is 9.37. The van der Waals surface area contributed by atoms with Crippen molar-refractivity contribution in [1.82, 2.24) is 9.62 Å². The Morgan fingerprint density at radius 3 is 2.44 bits per heavy atom. The van der Waals surface area contributed by atoms with Gasteiger partial charge >= 0.3 is 0 Å². The van der Waals surface area contributed by atoms with E-state index >= 15 is 0 Å². The van der Waals surface area contributed by atoms with Crippen molar-refractivity contribution < 1.29 is 4.79 Å². The maximum absolute atomic E-state index is 13.0. The molecule has 2 heterocycles. The molecule has 1 aromatic rings. The number of aliphatic imine (C=N–C) groups is 1. The zero-order valence-electron chi connectivity index (χ0n) is 20.5. The fourth-order valence-corrected chi connectivity index (χ4v) is 7.39. The number of nitrogen functional groups attached to an aromatic ring is 1. The molecule has 3 N–H and O–H groups in total. The number of piperidine rings is 1. The number of carbonyl (C=O) groups is 1. The van der Waals surface area contributed by atoms with Crippen LogP contribution < -0.4 is 11.1 Å². The monoisotopic (exact) mass is 456 g/mol. The van der Waals surface area contributed by atoms with Crippen molar-refractivity contribution in [2.24, 2.45) is 21.7 Å². The first-order chi connectivity index (χ1) is 15.0. The zero-order chi connectivity index (χ0) is 23.1.